The van der Waals surface area contributed by atoms with E-state index in [4.69, 9.17) is 4.74 Å². The minimum absolute atomic E-state index is 0.221. The van der Waals surface area contributed by atoms with Gasteiger partial charge >= 0.3 is 12.1 Å². The SMILES string of the molecule is C[C@@H](c1ccc(C#CC(C)(C)C(=O)O)cc1)N1CCC(CC(C)(C)O)(c2ccccc2)OC1=O. The maximum Gasteiger partial charge on any atom is 0.411 e. The number of ether oxygens (including phenoxy) is 1. The minimum atomic E-state index is -1.13. The lowest BCUT2D eigenvalue weighted by atomic mass is 9.80. The molecule has 34 heavy (non-hydrogen) atoms. The number of carboxylic acid groups (broad SMARTS) is 1. The molecule has 0 saturated carbocycles. The van der Waals surface area contributed by atoms with Crippen molar-refractivity contribution >= 4 is 12.1 Å². The van der Waals surface area contributed by atoms with Gasteiger partial charge in [0.1, 0.15) is 11.0 Å². The van der Waals surface area contributed by atoms with Crippen LogP contribution in [0.15, 0.2) is 54.6 Å². The summed E-state index contributed by atoms with van der Waals surface area (Å²) in [5, 5.41) is 19.7. The fraction of sp³-hybridized carbons (Fsp3) is 0.429. The quantitative estimate of drug-likeness (QED) is 0.582. The smallest absolute Gasteiger partial charge is 0.411 e. The molecule has 1 unspecified atom stereocenters. The highest BCUT2D eigenvalue weighted by Gasteiger charge is 2.46. The monoisotopic (exact) mass is 463 g/mol. The second-order valence-electron chi connectivity index (χ2n) is 10.1. The molecule has 6 heteroatoms. The largest absolute Gasteiger partial charge is 0.480 e. The van der Waals surface area contributed by atoms with E-state index in [1.165, 1.54) is 0 Å². The third-order valence-corrected chi connectivity index (χ3v) is 6.21. The Morgan fingerprint density at radius 1 is 1.12 bits per heavy atom. The Kier molecular flexibility index (Phi) is 7.09. The number of aliphatic hydroxyl groups is 1. The average molecular weight is 464 g/mol. The molecule has 2 aromatic rings. The Morgan fingerprint density at radius 3 is 2.26 bits per heavy atom. The van der Waals surface area contributed by atoms with Crippen molar-refractivity contribution in [2.75, 3.05) is 6.54 Å². The van der Waals surface area contributed by atoms with Gasteiger partial charge in [-0.1, -0.05) is 54.3 Å². The van der Waals surface area contributed by atoms with Crippen LogP contribution in [0.4, 0.5) is 4.79 Å². The van der Waals surface area contributed by atoms with Crippen molar-refractivity contribution in [3.63, 3.8) is 0 Å². The average Bonchev–Trinajstić information content (AvgIpc) is 2.77. The summed E-state index contributed by atoms with van der Waals surface area (Å²) in [6.45, 7) is 9.01. The van der Waals surface area contributed by atoms with E-state index >= 15 is 0 Å². The Balaban J connectivity index is 1.78. The molecule has 0 radical (unpaired) electrons. The Hall–Kier alpha value is -3.30. The van der Waals surface area contributed by atoms with Gasteiger partial charge in [0.25, 0.3) is 0 Å². The molecular formula is C28H33NO5. The van der Waals surface area contributed by atoms with Crippen LogP contribution >= 0.6 is 0 Å². The highest BCUT2D eigenvalue weighted by molar-refractivity contribution is 5.77. The number of hydrogen-bond donors (Lipinski definition) is 2. The second kappa shape index (κ2) is 9.52. The summed E-state index contributed by atoms with van der Waals surface area (Å²) in [5.74, 6) is 4.73. The zero-order chi connectivity index (χ0) is 25.1. The van der Waals surface area contributed by atoms with Crippen molar-refractivity contribution in [1.29, 1.82) is 0 Å². The lowest BCUT2D eigenvalue weighted by molar-refractivity contribution is -0.143. The highest BCUT2D eigenvalue weighted by Crippen LogP contribution is 2.42. The summed E-state index contributed by atoms with van der Waals surface area (Å²) in [6, 6.07) is 16.8. The first-order valence-electron chi connectivity index (χ1n) is 11.5. The number of nitrogens with zero attached hydrogens (tertiary/aromatic N) is 1. The van der Waals surface area contributed by atoms with Crippen LogP contribution in [0.1, 0.15) is 70.2 Å². The standard InChI is InChI=1S/C28H33NO5/c1-20(22-13-11-21(12-14-22)15-16-26(2,3)24(30)31)29-18-17-28(34-25(29)32,19-27(4,5)33)23-9-7-6-8-10-23/h6-14,20,33H,17-19H2,1-5H3,(H,30,31)/t20-,28?/m0/s1. The molecule has 1 aliphatic heterocycles. The molecule has 0 bridgehead atoms. The predicted molar refractivity (Wildman–Crippen MR) is 130 cm³/mol. The van der Waals surface area contributed by atoms with E-state index in [1.54, 1.807) is 32.6 Å². The molecular weight excluding hydrogens is 430 g/mol. The molecule has 6 nitrogen and oxygen atoms in total. The van der Waals surface area contributed by atoms with E-state index in [0.717, 1.165) is 11.1 Å². The number of carboxylic acids is 1. The van der Waals surface area contributed by atoms with Crippen LogP contribution in [0.3, 0.4) is 0 Å². The Morgan fingerprint density at radius 2 is 1.74 bits per heavy atom. The van der Waals surface area contributed by atoms with Gasteiger partial charge in [-0.2, -0.15) is 0 Å². The van der Waals surface area contributed by atoms with E-state index in [2.05, 4.69) is 11.8 Å². The Labute approximate surface area is 201 Å². The summed E-state index contributed by atoms with van der Waals surface area (Å²) in [7, 11) is 0. The Bertz CT molecular complexity index is 1090. The molecule has 1 amide bonds. The molecule has 1 heterocycles. The minimum Gasteiger partial charge on any atom is -0.480 e. The molecule has 2 N–H and O–H groups in total. The maximum absolute atomic E-state index is 13.2. The number of hydrogen-bond acceptors (Lipinski definition) is 4. The lowest BCUT2D eigenvalue weighted by Gasteiger charge is -2.45. The van der Waals surface area contributed by atoms with Crippen molar-refractivity contribution in [1.82, 2.24) is 4.90 Å². The number of carbonyl (C=O) groups excluding carboxylic acids is 1. The van der Waals surface area contributed by atoms with Gasteiger partial charge in [-0.15, -0.1) is 0 Å². The van der Waals surface area contributed by atoms with Gasteiger partial charge < -0.3 is 19.8 Å². The fourth-order valence-corrected chi connectivity index (χ4v) is 4.20. The first-order chi connectivity index (χ1) is 15.8. The van der Waals surface area contributed by atoms with Gasteiger partial charge in [0.2, 0.25) is 0 Å². The van der Waals surface area contributed by atoms with Crippen LogP contribution in [0.2, 0.25) is 0 Å². The van der Waals surface area contributed by atoms with Crippen molar-refractivity contribution < 1.29 is 24.5 Å². The predicted octanol–water partition coefficient (Wildman–Crippen LogP) is 5.11. The van der Waals surface area contributed by atoms with Crippen molar-refractivity contribution in [2.24, 2.45) is 5.41 Å². The van der Waals surface area contributed by atoms with Crippen LogP contribution in [-0.4, -0.2) is 39.3 Å². The molecule has 1 saturated heterocycles. The number of aliphatic carboxylic acids is 1. The van der Waals surface area contributed by atoms with E-state index < -0.39 is 28.7 Å². The zero-order valence-corrected chi connectivity index (χ0v) is 20.5. The van der Waals surface area contributed by atoms with Crippen molar-refractivity contribution in [3.05, 3.63) is 71.3 Å². The number of carbonyl (C=O) groups is 2. The number of rotatable bonds is 6. The van der Waals surface area contributed by atoms with Gasteiger partial charge in [0, 0.05) is 24.9 Å². The normalized spacial score (nSPS) is 19.6. The molecule has 0 aromatic heterocycles. The summed E-state index contributed by atoms with van der Waals surface area (Å²) in [4.78, 5) is 26.1. The summed E-state index contributed by atoms with van der Waals surface area (Å²) < 4.78 is 6.06. The number of amides is 1. The van der Waals surface area contributed by atoms with Crippen LogP contribution in [0.5, 0.6) is 0 Å². The van der Waals surface area contributed by atoms with E-state index in [9.17, 15) is 19.8 Å². The molecule has 2 atom stereocenters. The number of cyclic esters (lactones) is 1. The van der Waals surface area contributed by atoms with Gasteiger partial charge in [-0.05, 0) is 57.9 Å². The summed E-state index contributed by atoms with van der Waals surface area (Å²) in [5.41, 5.74) is -0.503. The van der Waals surface area contributed by atoms with Crippen molar-refractivity contribution in [2.45, 2.75) is 64.7 Å². The summed E-state index contributed by atoms with van der Waals surface area (Å²) >= 11 is 0. The van der Waals surface area contributed by atoms with E-state index in [1.807, 2.05) is 61.5 Å². The fourth-order valence-electron chi connectivity index (χ4n) is 4.20. The van der Waals surface area contributed by atoms with Gasteiger partial charge in [0.05, 0.1) is 11.6 Å². The first kappa shape index (κ1) is 25.3. The van der Waals surface area contributed by atoms with Crippen molar-refractivity contribution in [3.8, 4) is 11.8 Å². The second-order valence-corrected chi connectivity index (χ2v) is 10.1. The molecule has 180 valence electrons. The highest BCUT2D eigenvalue weighted by atomic mass is 16.6. The molecule has 1 fully saturated rings. The summed E-state index contributed by atoms with van der Waals surface area (Å²) in [6.07, 6.45) is 0.446. The number of benzene rings is 2. The zero-order valence-electron chi connectivity index (χ0n) is 20.5. The van der Waals surface area contributed by atoms with E-state index in [-0.39, 0.29) is 6.04 Å². The van der Waals surface area contributed by atoms with Crippen LogP contribution in [-0.2, 0) is 15.1 Å². The van der Waals surface area contributed by atoms with Gasteiger partial charge in [-0.3, -0.25) is 4.79 Å². The lowest BCUT2D eigenvalue weighted by Crippen LogP contribution is -2.51. The van der Waals surface area contributed by atoms with Crippen LogP contribution in [0, 0.1) is 17.3 Å². The maximum atomic E-state index is 13.2. The third-order valence-electron chi connectivity index (χ3n) is 6.21. The topological polar surface area (TPSA) is 87.1 Å². The molecule has 1 aliphatic rings. The van der Waals surface area contributed by atoms with Crippen LogP contribution in [0.25, 0.3) is 0 Å². The van der Waals surface area contributed by atoms with Gasteiger partial charge in [0.15, 0.2) is 0 Å². The molecule has 0 aliphatic carbocycles. The van der Waals surface area contributed by atoms with Crippen LogP contribution < -0.4 is 0 Å². The third kappa shape index (κ3) is 5.78. The molecule has 0 spiro atoms. The van der Waals surface area contributed by atoms with E-state index in [0.29, 0.717) is 24.9 Å². The first-order valence-corrected chi connectivity index (χ1v) is 11.5. The molecule has 2 aromatic carbocycles. The van der Waals surface area contributed by atoms with Gasteiger partial charge in [-0.25, -0.2) is 4.79 Å². The molecule has 3 rings (SSSR count).